The van der Waals surface area contributed by atoms with Crippen LogP contribution in [0.25, 0.3) is 6.08 Å². The quantitative estimate of drug-likeness (QED) is 0.818. The summed E-state index contributed by atoms with van der Waals surface area (Å²) in [6.07, 6.45) is 5.85. The van der Waals surface area contributed by atoms with Gasteiger partial charge in [0.05, 0.1) is 12.7 Å². The Balaban J connectivity index is 1.96. The van der Waals surface area contributed by atoms with E-state index in [9.17, 15) is 4.79 Å². The minimum Gasteiger partial charge on any atom is -0.493 e. The maximum Gasteiger partial charge on any atom is 0.328 e. The van der Waals surface area contributed by atoms with E-state index >= 15 is 0 Å². The van der Waals surface area contributed by atoms with Crippen molar-refractivity contribution < 1.29 is 19.4 Å². The molecule has 1 aromatic carbocycles. The number of carboxylic acids is 1. The lowest BCUT2D eigenvalue weighted by Gasteiger charge is -2.12. The van der Waals surface area contributed by atoms with E-state index in [0.717, 1.165) is 31.9 Å². The van der Waals surface area contributed by atoms with Crippen LogP contribution in [-0.4, -0.2) is 30.4 Å². The summed E-state index contributed by atoms with van der Waals surface area (Å²) >= 11 is 5.91. The summed E-state index contributed by atoms with van der Waals surface area (Å²) in [5.41, 5.74) is 0.659. The Labute approximate surface area is 123 Å². The van der Waals surface area contributed by atoms with Gasteiger partial charge in [0.15, 0.2) is 0 Å². The number of rotatable bonds is 6. The number of benzene rings is 1. The molecule has 5 heteroatoms. The summed E-state index contributed by atoms with van der Waals surface area (Å²) in [6, 6.07) is 5.16. The molecular formula is C15H17ClO4. The monoisotopic (exact) mass is 296 g/mol. The van der Waals surface area contributed by atoms with E-state index in [0.29, 0.717) is 22.9 Å². The summed E-state index contributed by atoms with van der Waals surface area (Å²) in [4.78, 5) is 10.6. The summed E-state index contributed by atoms with van der Waals surface area (Å²) in [6.45, 7) is 1.37. The minimum atomic E-state index is -1.00. The van der Waals surface area contributed by atoms with Crippen LogP contribution in [0.1, 0.15) is 24.8 Å². The van der Waals surface area contributed by atoms with E-state index in [4.69, 9.17) is 26.2 Å². The van der Waals surface area contributed by atoms with Crippen LogP contribution in [0.3, 0.4) is 0 Å². The van der Waals surface area contributed by atoms with Crippen molar-refractivity contribution in [3.8, 4) is 5.75 Å². The highest BCUT2D eigenvalue weighted by Crippen LogP contribution is 2.25. The lowest BCUT2D eigenvalue weighted by Crippen LogP contribution is -2.11. The van der Waals surface area contributed by atoms with Crippen LogP contribution in [0, 0.1) is 0 Å². The van der Waals surface area contributed by atoms with Crippen LogP contribution < -0.4 is 4.74 Å². The van der Waals surface area contributed by atoms with Crippen LogP contribution in [0.15, 0.2) is 24.3 Å². The van der Waals surface area contributed by atoms with Crippen LogP contribution in [0.4, 0.5) is 0 Å². The third-order valence-electron chi connectivity index (χ3n) is 3.10. The Morgan fingerprint density at radius 3 is 3.10 bits per heavy atom. The topological polar surface area (TPSA) is 55.8 Å². The highest BCUT2D eigenvalue weighted by molar-refractivity contribution is 6.30. The van der Waals surface area contributed by atoms with Gasteiger partial charge < -0.3 is 14.6 Å². The molecule has 1 saturated heterocycles. The first-order valence-corrected chi connectivity index (χ1v) is 6.98. The normalized spacial score (nSPS) is 18.6. The van der Waals surface area contributed by atoms with Gasteiger partial charge in [-0.25, -0.2) is 4.79 Å². The van der Waals surface area contributed by atoms with Crippen LogP contribution in [0.5, 0.6) is 5.75 Å². The van der Waals surface area contributed by atoms with Gasteiger partial charge in [0.25, 0.3) is 0 Å². The number of carbonyl (C=O) groups is 1. The third kappa shape index (κ3) is 4.54. The molecule has 108 valence electrons. The molecule has 1 atom stereocenters. The molecule has 1 unspecified atom stereocenters. The maximum atomic E-state index is 10.6. The van der Waals surface area contributed by atoms with Crippen molar-refractivity contribution in [3.63, 3.8) is 0 Å². The fourth-order valence-corrected chi connectivity index (χ4v) is 2.29. The van der Waals surface area contributed by atoms with Gasteiger partial charge in [0, 0.05) is 29.7 Å². The van der Waals surface area contributed by atoms with Crippen LogP contribution >= 0.6 is 11.6 Å². The molecule has 1 N–H and O–H groups in total. The van der Waals surface area contributed by atoms with Crippen molar-refractivity contribution in [2.75, 3.05) is 13.2 Å². The second-order valence-corrected chi connectivity index (χ2v) is 5.06. The zero-order valence-corrected chi connectivity index (χ0v) is 11.8. The molecule has 0 amide bonds. The SMILES string of the molecule is O=C(O)C=Cc1cc(Cl)ccc1OCCC1CCCO1. The van der Waals surface area contributed by atoms with Gasteiger partial charge in [-0.05, 0) is 37.1 Å². The van der Waals surface area contributed by atoms with Gasteiger partial charge in [-0.15, -0.1) is 0 Å². The highest BCUT2D eigenvalue weighted by atomic mass is 35.5. The molecule has 0 radical (unpaired) electrons. The fourth-order valence-electron chi connectivity index (χ4n) is 2.11. The maximum absolute atomic E-state index is 10.6. The molecule has 2 rings (SSSR count). The third-order valence-corrected chi connectivity index (χ3v) is 3.33. The number of ether oxygens (including phenoxy) is 2. The second kappa shape index (κ2) is 7.31. The predicted molar refractivity (Wildman–Crippen MR) is 77.2 cm³/mol. The molecule has 1 aliphatic rings. The second-order valence-electron chi connectivity index (χ2n) is 4.63. The van der Waals surface area contributed by atoms with E-state index < -0.39 is 5.97 Å². The first-order chi connectivity index (χ1) is 9.65. The first-order valence-electron chi connectivity index (χ1n) is 6.60. The smallest absolute Gasteiger partial charge is 0.328 e. The molecule has 1 fully saturated rings. The standard InChI is InChI=1S/C15H17ClO4/c16-12-4-5-14(11(10-12)3-6-15(17)18)20-9-7-13-2-1-8-19-13/h3-6,10,13H,1-2,7-9H2,(H,17,18). The number of halogens is 1. The number of carboxylic acid groups (broad SMARTS) is 1. The van der Waals surface area contributed by atoms with Crippen molar-refractivity contribution in [2.45, 2.75) is 25.4 Å². The first kappa shape index (κ1) is 14.9. The summed E-state index contributed by atoms with van der Waals surface area (Å²) in [7, 11) is 0. The molecule has 0 spiro atoms. The number of aliphatic carboxylic acids is 1. The number of hydrogen-bond acceptors (Lipinski definition) is 3. The predicted octanol–water partition coefficient (Wildman–Crippen LogP) is 3.39. The molecule has 0 aliphatic carbocycles. The van der Waals surface area contributed by atoms with E-state index in [1.165, 1.54) is 6.08 Å². The van der Waals surface area contributed by atoms with E-state index in [2.05, 4.69) is 0 Å². The summed E-state index contributed by atoms with van der Waals surface area (Å²) in [5.74, 6) is -0.375. The van der Waals surface area contributed by atoms with Gasteiger partial charge in [-0.1, -0.05) is 11.6 Å². The average molecular weight is 297 g/mol. The lowest BCUT2D eigenvalue weighted by atomic mass is 10.1. The Morgan fingerprint density at radius 1 is 1.55 bits per heavy atom. The zero-order valence-electron chi connectivity index (χ0n) is 11.0. The van der Waals surface area contributed by atoms with Gasteiger partial charge in [0.1, 0.15) is 5.75 Å². The molecule has 1 heterocycles. The van der Waals surface area contributed by atoms with E-state index in [-0.39, 0.29) is 6.10 Å². The van der Waals surface area contributed by atoms with Crippen molar-refractivity contribution in [1.82, 2.24) is 0 Å². The molecule has 0 aromatic heterocycles. The minimum absolute atomic E-state index is 0.278. The molecular weight excluding hydrogens is 280 g/mol. The average Bonchev–Trinajstić information content (AvgIpc) is 2.91. The van der Waals surface area contributed by atoms with Gasteiger partial charge >= 0.3 is 5.97 Å². The fraction of sp³-hybridized carbons (Fsp3) is 0.400. The Kier molecular flexibility index (Phi) is 5.44. The van der Waals surface area contributed by atoms with Crippen LogP contribution in [-0.2, 0) is 9.53 Å². The summed E-state index contributed by atoms with van der Waals surface area (Å²) < 4.78 is 11.2. The van der Waals surface area contributed by atoms with Crippen molar-refractivity contribution in [2.24, 2.45) is 0 Å². The largest absolute Gasteiger partial charge is 0.493 e. The Bertz CT molecular complexity index is 493. The summed E-state index contributed by atoms with van der Waals surface area (Å²) in [5, 5.41) is 9.22. The molecule has 0 saturated carbocycles. The van der Waals surface area contributed by atoms with Gasteiger partial charge in [-0.3, -0.25) is 0 Å². The lowest BCUT2D eigenvalue weighted by molar-refractivity contribution is -0.131. The Morgan fingerprint density at radius 2 is 2.40 bits per heavy atom. The molecule has 0 bridgehead atoms. The van der Waals surface area contributed by atoms with Crippen molar-refractivity contribution >= 4 is 23.6 Å². The zero-order chi connectivity index (χ0) is 14.4. The van der Waals surface area contributed by atoms with Gasteiger partial charge in [-0.2, -0.15) is 0 Å². The van der Waals surface area contributed by atoms with E-state index in [1.54, 1.807) is 18.2 Å². The van der Waals surface area contributed by atoms with Crippen molar-refractivity contribution in [3.05, 3.63) is 34.9 Å². The number of hydrogen-bond donors (Lipinski definition) is 1. The molecule has 20 heavy (non-hydrogen) atoms. The van der Waals surface area contributed by atoms with E-state index in [1.807, 2.05) is 0 Å². The molecule has 4 nitrogen and oxygen atoms in total. The Hall–Kier alpha value is -1.52. The molecule has 1 aromatic rings. The highest BCUT2D eigenvalue weighted by Gasteiger charge is 2.15. The van der Waals surface area contributed by atoms with Crippen LogP contribution in [0.2, 0.25) is 5.02 Å². The van der Waals surface area contributed by atoms with Gasteiger partial charge in [0.2, 0.25) is 0 Å². The molecule has 1 aliphatic heterocycles. The van der Waals surface area contributed by atoms with Crippen molar-refractivity contribution in [1.29, 1.82) is 0 Å².